The summed E-state index contributed by atoms with van der Waals surface area (Å²) in [5.74, 6) is 0. The van der Waals surface area contributed by atoms with Crippen molar-refractivity contribution >= 4 is 24.2 Å². The Balaban J connectivity index is 2.02. The summed E-state index contributed by atoms with van der Waals surface area (Å²) in [5, 5.41) is 3.50. The van der Waals surface area contributed by atoms with Crippen molar-refractivity contribution < 1.29 is 0 Å². The smallest absolute Gasteiger partial charge is 0.0439 e. The fourth-order valence-electron chi connectivity index (χ4n) is 1.52. The molecular formula is C13H16IN. The van der Waals surface area contributed by atoms with E-state index in [4.69, 9.17) is 0 Å². The van der Waals surface area contributed by atoms with Crippen molar-refractivity contribution in [1.82, 2.24) is 5.32 Å². The van der Waals surface area contributed by atoms with Gasteiger partial charge in [-0.25, -0.2) is 0 Å². The third-order valence-corrected chi connectivity index (χ3v) is 4.82. The summed E-state index contributed by atoms with van der Waals surface area (Å²) in [5.41, 5.74) is 4.11. The Labute approximate surface area is 101 Å². The summed E-state index contributed by atoms with van der Waals surface area (Å²) in [4.78, 5) is 0. The van der Waals surface area contributed by atoms with Gasteiger partial charge in [-0.05, 0) is 46.4 Å². The number of allylic oxidation sites excluding steroid dienone is 6. The van der Waals surface area contributed by atoms with Gasteiger partial charge in [0.2, 0.25) is 0 Å². The van der Waals surface area contributed by atoms with Crippen LogP contribution in [-0.2, 0) is 0 Å². The molecule has 1 aliphatic heterocycles. The largest absolute Gasteiger partial charge is 0.359 e. The lowest BCUT2D eigenvalue weighted by Gasteiger charge is -2.15. The Bertz CT molecular complexity index is 408. The Kier molecular flexibility index (Phi) is 3.57. The number of rotatable bonds is 2. The van der Waals surface area contributed by atoms with Crippen LogP contribution in [0.2, 0.25) is 0 Å². The van der Waals surface area contributed by atoms with E-state index in [1.807, 2.05) is 0 Å². The molecule has 2 aliphatic rings. The van der Waals surface area contributed by atoms with Crippen molar-refractivity contribution in [2.45, 2.75) is 26.7 Å². The molecular weight excluding hydrogens is 297 g/mol. The molecule has 1 aliphatic carbocycles. The maximum atomic E-state index is 3.50. The van der Waals surface area contributed by atoms with Crippen LogP contribution in [0.3, 0.4) is 0 Å². The van der Waals surface area contributed by atoms with Gasteiger partial charge in [-0.3, -0.25) is 0 Å². The topological polar surface area (TPSA) is 12.0 Å². The Morgan fingerprint density at radius 2 is 2.00 bits per heavy atom. The molecule has 15 heavy (non-hydrogen) atoms. The first-order valence-electron chi connectivity index (χ1n) is 5.22. The van der Waals surface area contributed by atoms with Gasteiger partial charge in [0, 0.05) is 11.4 Å². The highest BCUT2D eigenvalue weighted by atomic mass is 127. The molecule has 0 aromatic rings. The van der Waals surface area contributed by atoms with Crippen LogP contribution >= 0.6 is 20.7 Å². The van der Waals surface area contributed by atoms with Crippen LogP contribution < -0.4 is 5.32 Å². The number of halogens is 1. The highest BCUT2D eigenvalue weighted by Gasteiger charge is 2.04. The second-order valence-electron chi connectivity index (χ2n) is 3.92. The van der Waals surface area contributed by atoms with Gasteiger partial charge in [-0.2, -0.15) is 0 Å². The van der Waals surface area contributed by atoms with Gasteiger partial charge < -0.3 is 5.32 Å². The summed E-state index contributed by atoms with van der Waals surface area (Å²) in [6.45, 7) is 4.40. The van der Waals surface area contributed by atoms with Crippen LogP contribution in [0.15, 0.2) is 45.4 Å². The van der Waals surface area contributed by atoms with E-state index < -0.39 is 0 Å². The average molecular weight is 313 g/mol. The molecule has 2 heteroatoms. The maximum Gasteiger partial charge on any atom is 0.0439 e. The van der Waals surface area contributed by atoms with Gasteiger partial charge in [0.05, 0.1) is 0 Å². The lowest BCUT2D eigenvalue weighted by Crippen LogP contribution is -2.13. The summed E-state index contributed by atoms with van der Waals surface area (Å²) >= 11 is 0.136. The van der Waals surface area contributed by atoms with Crippen LogP contribution in [0.4, 0.5) is 0 Å². The van der Waals surface area contributed by atoms with Crippen molar-refractivity contribution in [3.8, 4) is 0 Å². The summed E-state index contributed by atoms with van der Waals surface area (Å²) in [6.07, 6.45) is 11.2. The van der Waals surface area contributed by atoms with Crippen molar-refractivity contribution in [3.05, 3.63) is 45.4 Å². The van der Waals surface area contributed by atoms with E-state index in [9.17, 15) is 0 Å². The Morgan fingerprint density at radius 1 is 1.13 bits per heavy atom. The SMILES string of the molecule is CC1=CC=C(NC2=CI=C(C)C=C2)CC1. The molecule has 0 unspecified atom stereocenters. The molecule has 1 N–H and O–H groups in total. The molecule has 0 spiro atoms. The lowest BCUT2D eigenvalue weighted by atomic mass is 10.0. The first-order chi connectivity index (χ1) is 7.24. The predicted molar refractivity (Wildman–Crippen MR) is 76.1 cm³/mol. The molecule has 0 aromatic heterocycles. The van der Waals surface area contributed by atoms with Crippen molar-refractivity contribution in [3.63, 3.8) is 0 Å². The predicted octanol–water partition coefficient (Wildman–Crippen LogP) is 3.77. The maximum absolute atomic E-state index is 3.50. The normalized spacial score (nSPS) is 20.7. The van der Waals surface area contributed by atoms with E-state index in [0.29, 0.717) is 0 Å². The molecule has 0 aromatic carbocycles. The fraction of sp³-hybridized carbons (Fsp3) is 0.308. The first-order valence-corrected chi connectivity index (χ1v) is 7.55. The minimum atomic E-state index is 0.136. The lowest BCUT2D eigenvalue weighted by molar-refractivity contribution is 0.823. The zero-order chi connectivity index (χ0) is 10.7. The summed E-state index contributed by atoms with van der Waals surface area (Å²) < 4.78 is 3.90. The highest BCUT2D eigenvalue weighted by Crippen LogP contribution is 2.19. The van der Waals surface area contributed by atoms with Crippen molar-refractivity contribution in [2.75, 3.05) is 0 Å². The molecule has 0 fully saturated rings. The quantitative estimate of drug-likeness (QED) is 0.765. The first kappa shape index (κ1) is 10.9. The Morgan fingerprint density at radius 3 is 2.60 bits per heavy atom. The molecule has 0 amide bonds. The van der Waals surface area contributed by atoms with Crippen molar-refractivity contribution in [1.29, 1.82) is 0 Å². The van der Waals surface area contributed by atoms with Gasteiger partial charge in [0.1, 0.15) is 0 Å². The van der Waals surface area contributed by atoms with Gasteiger partial charge in [0.25, 0.3) is 0 Å². The minimum Gasteiger partial charge on any atom is -0.359 e. The van der Waals surface area contributed by atoms with E-state index in [0.717, 1.165) is 6.42 Å². The molecule has 0 radical (unpaired) electrons. The molecule has 1 nitrogen and oxygen atoms in total. The van der Waals surface area contributed by atoms with Crippen LogP contribution in [0.25, 0.3) is 0 Å². The van der Waals surface area contributed by atoms with Gasteiger partial charge in [0.15, 0.2) is 0 Å². The third kappa shape index (κ3) is 3.16. The van der Waals surface area contributed by atoms with Gasteiger partial charge >= 0.3 is 0 Å². The molecule has 0 atom stereocenters. The number of hydrogen-bond acceptors (Lipinski definition) is 1. The van der Waals surface area contributed by atoms with E-state index >= 15 is 0 Å². The van der Waals surface area contributed by atoms with Crippen LogP contribution in [0.1, 0.15) is 26.7 Å². The fourth-order valence-corrected chi connectivity index (χ4v) is 3.10. The number of hydrogen-bond donors (Lipinski definition) is 1. The van der Waals surface area contributed by atoms with Gasteiger partial charge in [-0.15, -0.1) is 0 Å². The number of nitrogens with one attached hydrogen (secondary N) is 1. The van der Waals surface area contributed by atoms with E-state index in [1.54, 1.807) is 0 Å². The molecule has 0 bridgehead atoms. The van der Waals surface area contributed by atoms with E-state index in [1.165, 1.54) is 26.9 Å². The summed E-state index contributed by atoms with van der Waals surface area (Å²) in [6, 6.07) is 0. The second kappa shape index (κ2) is 4.92. The van der Waals surface area contributed by atoms with Crippen LogP contribution in [0, 0.1) is 0 Å². The zero-order valence-electron chi connectivity index (χ0n) is 9.18. The highest BCUT2D eigenvalue weighted by molar-refractivity contribution is 14.2. The molecule has 2 rings (SSSR count). The second-order valence-corrected chi connectivity index (χ2v) is 6.87. The average Bonchev–Trinajstić information content (AvgIpc) is 2.25. The standard InChI is InChI=1S/C13H16IN/c1-10-3-6-12(7-4-10)15-13-8-5-11(2)14-9-13/h3,5-6,8-9,15H,4,7H2,1-2H3. The molecule has 0 saturated carbocycles. The van der Waals surface area contributed by atoms with E-state index in [-0.39, 0.29) is 20.7 Å². The van der Waals surface area contributed by atoms with Gasteiger partial charge in [-0.1, -0.05) is 38.5 Å². The summed E-state index contributed by atoms with van der Waals surface area (Å²) in [7, 11) is 0. The van der Waals surface area contributed by atoms with Crippen LogP contribution in [0.5, 0.6) is 0 Å². The van der Waals surface area contributed by atoms with Crippen molar-refractivity contribution in [2.24, 2.45) is 0 Å². The molecule has 0 saturated heterocycles. The Hall–Kier alpha value is -0.640. The third-order valence-electron chi connectivity index (χ3n) is 2.50. The van der Waals surface area contributed by atoms with E-state index in [2.05, 4.69) is 47.6 Å². The monoisotopic (exact) mass is 313 g/mol. The molecule has 80 valence electrons. The van der Waals surface area contributed by atoms with Crippen LogP contribution in [-0.4, -0.2) is 3.51 Å². The molecule has 1 heterocycles. The zero-order valence-corrected chi connectivity index (χ0v) is 11.3. The minimum absolute atomic E-state index is 0.136.